The molecule has 0 fully saturated rings. The molecule has 0 saturated heterocycles. The molecule has 2 N–H and O–H groups in total. The second-order valence-corrected chi connectivity index (χ2v) is 5.01. The molecule has 0 aliphatic heterocycles. The molecule has 0 unspecified atom stereocenters. The van der Waals surface area contributed by atoms with Gasteiger partial charge in [-0.3, -0.25) is 4.98 Å². The van der Waals surface area contributed by atoms with Crippen molar-refractivity contribution in [2.45, 2.75) is 13.5 Å². The fourth-order valence-corrected chi connectivity index (χ4v) is 2.00. The summed E-state index contributed by atoms with van der Waals surface area (Å²) >= 11 is 6.51. The maximum absolute atomic E-state index is 5.73. The molecule has 0 spiro atoms. The average Bonchev–Trinajstić information content (AvgIpc) is 2.80. The molecule has 1 aromatic heterocycles. The fourth-order valence-electron chi connectivity index (χ4n) is 1.37. The minimum Gasteiger partial charge on any atom is -0.488 e. The predicted octanol–water partition coefficient (Wildman–Crippen LogP) is 2.66. The third-order valence-electron chi connectivity index (χ3n) is 2.33. The van der Waals surface area contributed by atoms with Crippen LogP contribution in [0.3, 0.4) is 0 Å². The van der Waals surface area contributed by atoms with Gasteiger partial charge in [-0.1, -0.05) is 24.4 Å². The molecule has 2 rings (SSSR count). The zero-order valence-electron chi connectivity index (χ0n) is 9.34. The Balaban J connectivity index is 2.14. The van der Waals surface area contributed by atoms with E-state index in [1.165, 1.54) is 0 Å². The number of aromatic nitrogens is 1. The summed E-state index contributed by atoms with van der Waals surface area (Å²) in [5, 5.41) is 0. The second kappa shape index (κ2) is 5.25. The van der Waals surface area contributed by atoms with Crippen molar-refractivity contribution in [3.05, 3.63) is 45.9 Å². The summed E-state index contributed by atoms with van der Waals surface area (Å²) in [7, 11) is 0. The van der Waals surface area contributed by atoms with Crippen LogP contribution in [0.5, 0.6) is 5.75 Å². The smallest absolute Gasteiger partial charge is 0.124 e. The number of hydrogen-bond donors (Lipinski definition) is 1. The molecule has 2 aromatic rings. The Bertz CT molecular complexity index is 523. The van der Waals surface area contributed by atoms with Gasteiger partial charge >= 0.3 is 0 Å². The maximum atomic E-state index is 5.73. The van der Waals surface area contributed by atoms with Crippen molar-refractivity contribution in [1.82, 2.24) is 4.98 Å². The van der Waals surface area contributed by atoms with E-state index in [1.807, 2.05) is 25.1 Å². The van der Waals surface area contributed by atoms with Gasteiger partial charge < -0.3 is 10.5 Å². The third-order valence-corrected chi connectivity index (χ3v) is 3.31. The van der Waals surface area contributed by atoms with E-state index in [2.05, 4.69) is 4.98 Å². The summed E-state index contributed by atoms with van der Waals surface area (Å²) < 4.78 is 5.73. The lowest BCUT2D eigenvalue weighted by molar-refractivity contribution is 0.307. The van der Waals surface area contributed by atoms with Gasteiger partial charge in [0.25, 0.3) is 0 Å². The molecule has 5 heteroatoms. The van der Waals surface area contributed by atoms with Crippen LogP contribution < -0.4 is 10.5 Å². The van der Waals surface area contributed by atoms with Crippen molar-refractivity contribution in [3.63, 3.8) is 0 Å². The Labute approximate surface area is 109 Å². The molecule has 0 bridgehead atoms. The highest BCUT2D eigenvalue weighted by molar-refractivity contribution is 7.80. The Morgan fingerprint density at radius 1 is 1.53 bits per heavy atom. The van der Waals surface area contributed by atoms with Crippen molar-refractivity contribution in [3.8, 4) is 5.75 Å². The molecule has 1 aromatic carbocycles. The van der Waals surface area contributed by atoms with E-state index in [-0.39, 0.29) is 0 Å². The molecule has 0 saturated carbocycles. The quantitative estimate of drug-likeness (QED) is 0.863. The lowest BCUT2D eigenvalue weighted by Crippen LogP contribution is -2.09. The van der Waals surface area contributed by atoms with Gasteiger partial charge in [-0.2, -0.15) is 0 Å². The largest absolute Gasteiger partial charge is 0.488 e. The van der Waals surface area contributed by atoms with E-state index in [0.717, 1.165) is 21.8 Å². The summed E-state index contributed by atoms with van der Waals surface area (Å²) in [5.41, 5.74) is 9.27. The van der Waals surface area contributed by atoms with Crippen LogP contribution in [0.1, 0.15) is 16.0 Å². The van der Waals surface area contributed by atoms with Gasteiger partial charge in [0, 0.05) is 11.8 Å². The molecular formula is C12H12N2OS2. The summed E-state index contributed by atoms with van der Waals surface area (Å²) in [6.07, 6.45) is 1.80. The number of aryl methyl sites for hydroxylation is 1. The second-order valence-electron chi connectivity index (χ2n) is 3.60. The van der Waals surface area contributed by atoms with Gasteiger partial charge in [0.2, 0.25) is 0 Å². The van der Waals surface area contributed by atoms with E-state index in [4.69, 9.17) is 22.7 Å². The van der Waals surface area contributed by atoms with Crippen LogP contribution in [-0.4, -0.2) is 9.97 Å². The standard InChI is InChI=1S/C12H12N2OS2/c1-8-2-3-9(12(13)16)4-11(8)15-6-10-5-14-7-17-10/h2-5,7H,6H2,1H3,(H2,13,16). The van der Waals surface area contributed by atoms with Gasteiger partial charge in [0.1, 0.15) is 17.3 Å². The van der Waals surface area contributed by atoms with Gasteiger partial charge in [0.15, 0.2) is 0 Å². The topological polar surface area (TPSA) is 48.1 Å². The van der Waals surface area contributed by atoms with E-state index < -0.39 is 0 Å². The van der Waals surface area contributed by atoms with E-state index in [0.29, 0.717) is 11.6 Å². The number of nitrogens with two attached hydrogens (primary N) is 1. The molecular weight excluding hydrogens is 252 g/mol. The first-order valence-corrected chi connectivity index (χ1v) is 6.36. The molecule has 88 valence electrons. The number of ether oxygens (including phenoxy) is 1. The summed E-state index contributed by atoms with van der Waals surface area (Å²) in [6.45, 7) is 2.51. The molecule has 0 atom stereocenters. The van der Waals surface area contributed by atoms with Crippen LogP contribution in [0.2, 0.25) is 0 Å². The number of thiazole rings is 1. The van der Waals surface area contributed by atoms with Crippen LogP contribution in [-0.2, 0) is 6.61 Å². The van der Waals surface area contributed by atoms with Gasteiger partial charge in [-0.15, -0.1) is 11.3 Å². The summed E-state index contributed by atoms with van der Waals surface area (Å²) in [5.74, 6) is 0.809. The lowest BCUT2D eigenvalue weighted by atomic mass is 10.1. The molecule has 3 nitrogen and oxygen atoms in total. The Morgan fingerprint density at radius 3 is 3.00 bits per heavy atom. The zero-order chi connectivity index (χ0) is 12.3. The number of hydrogen-bond acceptors (Lipinski definition) is 4. The molecule has 0 aliphatic rings. The SMILES string of the molecule is Cc1ccc(C(N)=S)cc1OCc1cncs1. The average molecular weight is 264 g/mol. The first-order valence-electron chi connectivity index (χ1n) is 5.07. The Morgan fingerprint density at radius 2 is 2.35 bits per heavy atom. The van der Waals surface area contributed by atoms with E-state index in [1.54, 1.807) is 23.0 Å². The highest BCUT2D eigenvalue weighted by Gasteiger charge is 2.04. The van der Waals surface area contributed by atoms with Crippen LogP contribution in [0.15, 0.2) is 29.9 Å². The maximum Gasteiger partial charge on any atom is 0.124 e. The molecule has 17 heavy (non-hydrogen) atoms. The van der Waals surface area contributed by atoms with Crippen LogP contribution >= 0.6 is 23.6 Å². The van der Waals surface area contributed by atoms with Crippen molar-refractivity contribution < 1.29 is 4.74 Å². The summed E-state index contributed by atoms with van der Waals surface area (Å²) in [6, 6.07) is 5.73. The monoisotopic (exact) mass is 264 g/mol. The number of benzene rings is 1. The fraction of sp³-hybridized carbons (Fsp3) is 0.167. The Kier molecular flexibility index (Phi) is 3.71. The molecule has 0 aliphatic carbocycles. The minimum absolute atomic E-state index is 0.382. The molecule has 0 radical (unpaired) electrons. The normalized spacial score (nSPS) is 10.2. The van der Waals surface area contributed by atoms with Gasteiger partial charge in [-0.25, -0.2) is 0 Å². The van der Waals surface area contributed by atoms with Crippen LogP contribution in [0.4, 0.5) is 0 Å². The molecule has 0 amide bonds. The van der Waals surface area contributed by atoms with Crippen molar-refractivity contribution >= 4 is 28.5 Å². The zero-order valence-corrected chi connectivity index (χ0v) is 11.0. The first-order chi connectivity index (χ1) is 8.16. The number of nitrogens with zero attached hydrogens (tertiary/aromatic N) is 1. The van der Waals surface area contributed by atoms with Gasteiger partial charge in [0.05, 0.1) is 10.4 Å². The van der Waals surface area contributed by atoms with Crippen LogP contribution in [0, 0.1) is 6.92 Å². The first kappa shape index (κ1) is 12.0. The van der Waals surface area contributed by atoms with Crippen molar-refractivity contribution in [2.75, 3.05) is 0 Å². The van der Waals surface area contributed by atoms with Crippen LogP contribution in [0.25, 0.3) is 0 Å². The van der Waals surface area contributed by atoms with E-state index in [9.17, 15) is 0 Å². The predicted molar refractivity (Wildman–Crippen MR) is 73.5 cm³/mol. The number of thiocarbonyl (C=S) groups is 1. The highest BCUT2D eigenvalue weighted by Crippen LogP contribution is 2.21. The Hall–Kier alpha value is -1.46. The molecule has 1 heterocycles. The summed E-state index contributed by atoms with van der Waals surface area (Å²) in [4.78, 5) is 5.47. The lowest BCUT2D eigenvalue weighted by Gasteiger charge is -2.09. The minimum atomic E-state index is 0.382. The van der Waals surface area contributed by atoms with Crippen molar-refractivity contribution in [2.24, 2.45) is 5.73 Å². The van der Waals surface area contributed by atoms with Gasteiger partial charge in [-0.05, 0) is 18.6 Å². The van der Waals surface area contributed by atoms with Crippen molar-refractivity contribution in [1.29, 1.82) is 0 Å². The number of rotatable bonds is 4. The van der Waals surface area contributed by atoms with E-state index >= 15 is 0 Å². The highest BCUT2D eigenvalue weighted by atomic mass is 32.1. The third kappa shape index (κ3) is 3.01.